The van der Waals surface area contributed by atoms with Crippen molar-refractivity contribution in [1.82, 2.24) is 0 Å². The standard InChI is InChI=1S/C5H7NS/c1-3-6-5-7-4-2/h3-5H,1-2H2. The Balaban J connectivity index is 3.08. The summed E-state index contributed by atoms with van der Waals surface area (Å²) in [5.74, 6) is 0. The molecular formula is C5H7NS. The fourth-order valence-electron chi connectivity index (χ4n) is 0.121. The van der Waals surface area contributed by atoms with Crippen LogP contribution in [-0.2, 0) is 0 Å². The number of thioether (sulfide) groups is 1. The highest BCUT2D eigenvalue weighted by Gasteiger charge is 1.60. The summed E-state index contributed by atoms with van der Waals surface area (Å²) in [4.78, 5) is 3.69. The van der Waals surface area contributed by atoms with Crippen LogP contribution in [0.4, 0.5) is 0 Å². The number of rotatable bonds is 3. The average molecular weight is 113 g/mol. The minimum atomic E-state index is 1.43. The Morgan fingerprint density at radius 3 is 2.57 bits per heavy atom. The molecule has 38 valence electrons. The van der Waals surface area contributed by atoms with Crippen LogP contribution in [0.25, 0.3) is 0 Å². The maximum atomic E-state index is 3.69. The van der Waals surface area contributed by atoms with E-state index < -0.39 is 0 Å². The van der Waals surface area contributed by atoms with Crippen molar-refractivity contribution in [2.75, 3.05) is 0 Å². The van der Waals surface area contributed by atoms with Crippen molar-refractivity contribution in [3.05, 3.63) is 24.8 Å². The first-order chi connectivity index (χ1) is 3.41. The van der Waals surface area contributed by atoms with E-state index in [9.17, 15) is 0 Å². The second-order valence-electron chi connectivity index (χ2n) is 0.740. The molecule has 7 heavy (non-hydrogen) atoms. The van der Waals surface area contributed by atoms with Crippen LogP contribution in [0.3, 0.4) is 0 Å². The minimum absolute atomic E-state index is 1.43. The van der Waals surface area contributed by atoms with Crippen LogP contribution in [-0.4, -0.2) is 5.55 Å². The average Bonchev–Trinajstić information content (AvgIpc) is 1.69. The molecule has 0 aromatic carbocycles. The highest BCUT2D eigenvalue weighted by atomic mass is 32.2. The van der Waals surface area contributed by atoms with Crippen molar-refractivity contribution in [2.45, 2.75) is 0 Å². The number of hydrogen-bond donors (Lipinski definition) is 0. The zero-order valence-corrected chi connectivity index (χ0v) is 4.82. The third-order valence-corrected chi connectivity index (χ3v) is 0.759. The first kappa shape index (κ1) is 6.50. The van der Waals surface area contributed by atoms with Crippen molar-refractivity contribution in [1.29, 1.82) is 0 Å². The molecule has 0 fully saturated rings. The van der Waals surface area contributed by atoms with Crippen LogP contribution in [0.15, 0.2) is 29.8 Å². The van der Waals surface area contributed by atoms with E-state index >= 15 is 0 Å². The topological polar surface area (TPSA) is 12.4 Å². The Morgan fingerprint density at radius 1 is 1.43 bits per heavy atom. The molecule has 0 atom stereocenters. The first-order valence-corrected chi connectivity index (χ1v) is 2.75. The van der Waals surface area contributed by atoms with Gasteiger partial charge in [-0.15, -0.1) is 0 Å². The number of hydrogen-bond acceptors (Lipinski definition) is 2. The van der Waals surface area contributed by atoms with Gasteiger partial charge < -0.3 is 0 Å². The maximum Gasteiger partial charge on any atom is 0.0638 e. The van der Waals surface area contributed by atoms with Crippen molar-refractivity contribution >= 4 is 17.3 Å². The molecule has 0 aliphatic carbocycles. The third kappa shape index (κ3) is 5.50. The van der Waals surface area contributed by atoms with Crippen LogP contribution in [0.2, 0.25) is 0 Å². The number of aliphatic imine (C=N–C) groups is 1. The van der Waals surface area contributed by atoms with E-state index in [1.54, 1.807) is 11.0 Å². The molecule has 0 aliphatic rings. The Kier molecular flexibility index (Phi) is 5.11. The summed E-state index contributed by atoms with van der Waals surface area (Å²) in [7, 11) is 0. The quantitative estimate of drug-likeness (QED) is 0.403. The van der Waals surface area contributed by atoms with Gasteiger partial charge in [0.05, 0.1) is 5.55 Å². The normalized spacial score (nSPS) is 9.14. The molecule has 0 rings (SSSR count). The summed E-state index contributed by atoms with van der Waals surface area (Å²) < 4.78 is 0. The zero-order valence-electron chi connectivity index (χ0n) is 4.00. The smallest absolute Gasteiger partial charge is 0.0638 e. The second-order valence-corrected chi connectivity index (χ2v) is 1.56. The van der Waals surface area contributed by atoms with Crippen molar-refractivity contribution in [3.8, 4) is 0 Å². The van der Waals surface area contributed by atoms with E-state index in [4.69, 9.17) is 0 Å². The van der Waals surface area contributed by atoms with Gasteiger partial charge in [-0.05, 0) is 5.41 Å². The van der Waals surface area contributed by atoms with E-state index in [1.165, 1.54) is 18.0 Å². The van der Waals surface area contributed by atoms with Gasteiger partial charge in [-0.1, -0.05) is 24.9 Å². The lowest BCUT2D eigenvalue weighted by molar-refractivity contribution is 1.65. The summed E-state index contributed by atoms with van der Waals surface area (Å²) in [5.41, 5.74) is 1.67. The molecule has 1 nitrogen and oxygen atoms in total. The van der Waals surface area contributed by atoms with Gasteiger partial charge >= 0.3 is 0 Å². The Bertz CT molecular complexity index is 86.1. The first-order valence-electron chi connectivity index (χ1n) is 1.80. The zero-order chi connectivity index (χ0) is 5.54. The molecule has 0 spiro atoms. The van der Waals surface area contributed by atoms with Gasteiger partial charge in [-0.2, -0.15) is 0 Å². The Morgan fingerprint density at radius 2 is 2.14 bits per heavy atom. The summed E-state index contributed by atoms with van der Waals surface area (Å²) >= 11 is 1.43. The predicted molar refractivity (Wildman–Crippen MR) is 36.5 cm³/mol. The van der Waals surface area contributed by atoms with Crippen molar-refractivity contribution in [2.24, 2.45) is 4.99 Å². The summed E-state index contributed by atoms with van der Waals surface area (Å²) in [5, 5.41) is 1.70. The third-order valence-electron chi connectivity index (χ3n) is 0.323. The summed E-state index contributed by atoms with van der Waals surface area (Å²) in [6.45, 7) is 6.86. The largest absolute Gasteiger partial charge is 0.258 e. The molecule has 0 radical (unpaired) electrons. The Labute approximate surface area is 47.8 Å². The van der Waals surface area contributed by atoms with E-state index in [0.717, 1.165) is 0 Å². The Hall–Kier alpha value is -0.500. The molecule has 0 amide bonds. The molecule has 0 aromatic heterocycles. The lowest BCUT2D eigenvalue weighted by Crippen LogP contribution is -1.51. The highest BCUT2D eigenvalue weighted by Crippen LogP contribution is 1.91. The minimum Gasteiger partial charge on any atom is -0.258 e. The van der Waals surface area contributed by atoms with Gasteiger partial charge in [-0.3, -0.25) is 4.99 Å². The molecular weight excluding hydrogens is 106 g/mol. The van der Waals surface area contributed by atoms with E-state index in [0.29, 0.717) is 0 Å². The fourth-order valence-corrected chi connectivity index (χ4v) is 0.364. The fraction of sp³-hybridized carbons (Fsp3) is 0. The van der Waals surface area contributed by atoms with Crippen LogP contribution in [0.5, 0.6) is 0 Å². The molecule has 0 aliphatic heterocycles. The van der Waals surface area contributed by atoms with Crippen LogP contribution < -0.4 is 0 Å². The molecule has 0 N–H and O–H groups in total. The van der Waals surface area contributed by atoms with Gasteiger partial charge in [0.25, 0.3) is 0 Å². The van der Waals surface area contributed by atoms with Crippen molar-refractivity contribution in [3.63, 3.8) is 0 Å². The lowest BCUT2D eigenvalue weighted by Gasteiger charge is -1.71. The molecule has 0 aromatic rings. The van der Waals surface area contributed by atoms with E-state index in [1.807, 2.05) is 0 Å². The molecule has 0 saturated carbocycles. The molecule has 2 heteroatoms. The summed E-state index contributed by atoms with van der Waals surface area (Å²) in [6, 6.07) is 0. The van der Waals surface area contributed by atoms with Gasteiger partial charge in [-0.25, -0.2) is 0 Å². The number of nitrogens with zero attached hydrogens (tertiary/aromatic N) is 1. The maximum absolute atomic E-state index is 3.69. The predicted octanol–water partition coefficient (Wildman–Crippen LogP) is 2.03. The van der Waals surface area contributed by atoms with Crippen LogP contribution >= 0.6 is 11.8 Å². The van der Waals surface area contributed by atoms with Crippen LogP contribution in [0.1, 0.15) is 0 Å². The van der Waals surface area contributed by atoms with Gasteiger partial charge in [0, 0.05) is 6.20 Å². The highest BCUT2D eigenvalue weighted by molar-refractivity contribution is 8.14. The monoisotopic (exact) mass is 113 g/mol. The molecule has 0 bridgehead atoms. The van der Waals surface area contributed by atoms with Crippen molar-refractivity contribution < 1.29 is 0 Å². The molecule has 0 saturated heterocycles. The second kappa shape index (κ2) is 5.50. The van der Waals surface area contributed by atoms with Gasteiger partial charge in [0.1, 0.15) is 0 Å². The van der Waals surface area contributed by atoms with Gasteiger partial charge in [0.2, 0.25) is 0 Å². The summed E-state index contributed by atoms with van der Waals surface area (Å²) in [6.07, 6.45) is 1.48. The van der Waals surface area contributed by atoms with E-state index in [-0.39, 0.29) is 0 Å². The van der Waals surface area contributed by atoms with Crippen LogP contribution in [0, 0.1) is 0 Å². The van der Waals surface area contributed by atoms with E-state index in [2.05, 4.69) is 18.2 Å². The molecule has 0 unspecified atom stereocenters. The SMILES string of the molecule is C=CN=CSC=C. The van der Waals surface area contributed by atoms with Gasteiger partial charge in [0.15, 0.2) is 0 Å². The lowest BCUT2D eigenvalue weighted by atomic mass is 11.1. The molecule has 0 heterocycles.